The Kier molecular flexibility index (Phi) is 6.61. The average molecular weight is 456 g/mol. The van der Waals surface area contributed by atoms with Crippen molar-refractivity contribution in [1.82, 2.24) is 5.32 Å². The normalized spacial score (nSPS) is 33.0. The first kappa shape index (κ1) is 22.9. The Morgan fingerprint density at radius 2 is 1.71 bits per heavy atom. The van der Waals surface area contributed by atoms with Crippen molar-refractivity contribution in [3.05, 3.63) is 34.9 Å². The summed E-state index contributed by atoms with van der Waals surface area (Å²) in [7, 11) is 0. The van der Waals surface area contributed by atoms with E-state index in [1.54, 1.807) is 24.3 Å². The maximum absolute atomic E-state index is 12.2. The van der Waals surface area contributed by atoms with E-state index >= 15 is 0 Å². The molecule has 31 heavy (non-hydrogen) atoms. The lowest BCUT2D eigenvalue weighted by Crippen LogP contribution is -2.56. The largest absolute Gasteiger partial charge is 0.379 e. The van der Waals surface area contributed by atoms with Gasteiger partial charge < -0.3 is 33.7 Å². The highest BCUT2D eigenvalue weighted by Crippen LogP contribution is 2.44. The molecule has 172 valence electrons. The second kappa shape index (κ2) is 8.94. The third-order valence-electron chi connectivity index (χ3n) is 5.40. The van der Waals surface area contributed by atoms with E-state index in [1.165, 1.54) is 0 Å². The van der Waals surface area contributed by atoms with Crippen molar-refractivity contribution >= 4 is 17.5 Å². The van der Waals surface area contributed by atoms with E-state index in [1.807, 2.05) is 27.7 Å². The molecule has 1 aromatic carbocycles. The fourth-order valence-electron chi connectivity index (χ4n) is 4.14. The van der Waals surface area contributed by atoms with Crippen LogP contribution in [-0.2, 0) is 28.4 Å². The Balaban J connectivity index is 1.24. The van der Waals surface area contributed by atoms with Crippen LogP contribution >= 0.6 is 11.6 Å². The molecule has 3 fully saturated rings. The zero-order valence-corrected chi connectivity index (χ0v) is 19.0. The SMILES string of the molecule is CC1(C)OC2OC(COCCCNC(=O)c3ccccc3Cl)C3OC(C)(C)OC3C2O1. The summed E-state index contributed by atoms with van der Waals surface area (Å²) in [5, 5.41) is 3.28. The number of hydrogen-bond donors (Lipinski definition) is 1. The Hall–Kier alpha value is -1.26. The Labute approximate surface area is 187 Å². The minimum atomic E-state index is -0.744. The Morgan fingerprint density at radius 1 is 1.03 bits per heavy atom. The molecule has 5 unspecified atom stereocenters. The molecule has 0 spiro atoms. The van der Waals surface area contributed by atoms with E-state index in [-0.39, 0.29) is 30.3 Å². The molecule has 3 saturated heterocycles. The number of fused-ring (bicyclic) bond motifs is 3. The van der Waals surface area contributed by atoms with Gasteiger partial charge in [0.05, 0.1) is 17.2 Å². The zero-order chi connectivity index (χ0) is 22.2. The Bertz CT molecular complexity index is 802. The lowest BCUT2D eigenvalue weighted by atomic mass is 9.99. The van der Waals surface area contributed by atoms with Crippen molar-refractivity contribution in [1.29, 1.82) is 0 Å². The smallest absolute Gasteiger partial charge is 0.252 e. The molecular formula is C22H30ClNO7. The van der Waals surface area contributed by atoms with Crippen LogP contribution in [0.1, 0.15) is 44.5 Å². The lowest BCUT2D eigenvalue weighted by Gasteiger charge is -2.37. The molecule has 1 aromatic rings. The number of nitrogens with one attached hydrogen (secondary N) is 1. The maximum atomic E-state index is 12.2. The molecule has 0 aromatic heterocycles. The summed E-state index contributed by atoms with van der Waals surface area (Å²) in [5.41, 5.74) is 0.462. The molecule has 1 N–H and O–H groups in total. The molecule has 0 saturated carbocycles. The van der Waals surface area contributed by atoms with Crippen molar-refractivity contribution in [2.24, 2.45) is 0 Å². The molecule has 0 aliphatic carbocycles. The number of amides is 1. The molecule has 1 amide bonds. The van der Waals surface area contributed by atoms with Crippen LogP contribution in [0.2, 0.25) is 5.02 Å². The predicted octanol–water partition coefficient (Wildman–Crippen LogP) is 2.87. The molecule has 4 rings (SSSR count). The molecule has 9 heteroatoms. The molecule has 3 heterocycles. The molecular weight excluding hydrogens is 426 g/mol. The number of benzene rings is 1. The number of hydrogen-bond acceptors (Lipinski definition) is 7. The van der Waals surface area contributed by atoms with Crippen LogP contribution in [0, 0.1) is 0 Å². The van der Waals surface area contributed by atoms with Crippen LogP contribution in [0.3, 0.4) is 0 Å². The highest BCUT2D eigenvalue weighted by molar-refractivity contribution is 6.33. The van der Waals surface area contributed by atoms with Gasteiger partial charge >= 0.3 is 0 Å². The average Bonchev–Trinajstić information content (AvgIpc) is 3.18. The molecule has 8 nitrogen and oxygen atoms in total. The molecule has 3 aliphatic rings. The first-order chi connectivity index (χ1) is 14.7. The maximum Gasteiger partial charge on any atom is 0.252 e. The third kappa shape index (κ3) is 5.22. The Morgan fingerprint density at radius 3 is 2.48 bits per heavy atom. The van der Waals surface area contributed by atoms with Crippen LogP contribution in [-0.4, -0.2) is 67.9 Å². The van der Waals surface area contributed by atoms with Crippen LogP contribution in [0.25, 0.3) is 0 Å². The third-order valence-corrected chi connectivity index (χ3v) is 5.73. The second-order valence-electron chi connectivity index (χ2n) is 8.87. The first-order valence-corrected chi connectivity index (χ1v) is 11.0. The van der Waals surface area contributed by atoms with Crippen molar-refractivity contribution in [2.45, 2.75) is 76.4 Å². The van der Waals surface area contributed by atoms with E-state index in [4.69, 9.17) is 40.0 Å². The van der Waals surface area contributed by atoms with E-state index < -0.39 is 17.9 Å². The number of carbonyl (C=O) groups is 1. The van der Waals surface area contributed by atoms with Gasteiger partial charge in [0.2, 0.25) is 0 Å². The summed E-state index contributed by atoms with van der Waals surface area (Å²) in [4.78, 5) is 12.2. The van der Waals surface area contributed by atoms with Gasteiger partial charge in [-0.2, -0.15) is 0 Å². The van der Waals surface area contributed by atoms with Crippen LogP contribution in [0.4, 0.5) is 0 Å². The number of carbonyl (C=O) groups excluding carboxylic acids is 1. The topological polar surface area (TPSA) is 84.5 Å². The first-order valence-electron chi connectivity index (χ1n) is 10.6. The van der Waals surface area contributed by atoms with Gasteiger partial charge in [0.25, 0.3) is 5.91 Å². The summed E-state index contributed by atoms with van der Waals surface area (Å²) in [5.74, 6) is -1.67. The van der Waals surface area contributed by atoms with E-state index in [2.05, 4.69) is 5.32 Å². The van der Waals surface area contributed by atoms with Gasteiger partial charge in [-0.3, -0.25) is 4.79 Å². The summed E-state index contributed by atoms with van der Waals surface area (Å²) in [6.07, 6.45) is -1.18. The minimum Gasteiger partial charge on any atom is -0.379 e. The predicted molar refractivity (Wildman–Crippen MR) is 112 cm³/mol. The quantitative estimate of drug-likeness (QED) is 0.633. The van der Waals surface area contributed by atoms with Crippen LogP contribution < -0.4 is 5.32 Å². The van der Waals surface area contributed by atoms with Gasteiger partial charge in [-0.05, 0) is 46.2 Å². The fourth-order valence-corrected chi connectivity index (χ4v) is 4.37. The van der Waals surface area contributed by atoms with E-state index in [9.17, 15) is 4.79 Å². The molecule has 3 aliphatic heterocycles. The fraction of sp³-hybridized carbons (Fsp3) is 0.682. The van der Waals surface area contributed by atoms with Crippen molar-refractivity contribution in [3.63, 3.8) is 0 Å². The van der Waals surface area contributed by atoms with Crippen molar-refractivity contribution in [3.8, 4) is 0 Å². The zero-order valence-electron chi connectivity index (χ0n) is 18.3. The van der Waals surface area contributed by atoms with E-state index in [0.717, 1.165) is 0 Å². The van der Waals surface area contributed by atoms with Gasteiger partial charge in [-0.1, -0.05) is 23.7 Å². The molecule has 0 radical (unpaired) electrons. The number of rotatable bonds is 7. The number of halogens is 1. The van der Waals surface area contributed by atoms with Gasteiger partial charge in [0, 0.05) is 13.2 Å². The van der Waals surface area contributed by atoms with Crippen LogP contribution in [0.15, 0.2) is 24.3 Å². The second-order valence-corrected chi connectivity index (χ2v) is 9.28. The summed E-state index contributed by atoms with van der Waals surface area (Å²) >= 11 is 6.05. The number of ether oxygens (including phenoxy) is 6. The standard InChI is InChI=1S/C22H30ClNO7/c1-21(2)28-16-15(27-20-18(17(16)29-21)30-22(3,4)31-20)12-26-11-7-10-24-19(25)13-8-5-6-9-14(13)23/h5-6,8-9,15-18,20H,7,10-12H2,1-4H3,(H,24,25). The summed E-state index contributed by atoms with van der Waals surface area (Å²) in [6, 6.07) is 6.95. The van der Waals surface area contributed by atoms with Gasteiger partial charge in [-0.15, -0.1) is 0 Å². The summed E-state index contributed by atoms with van der Waals surface area (Å²) < 4.78 is 36.0. The minimum absolute atomic E-state index is 0.199. The highest BCUT2D eigenvalue weighted by Gasteiger charge is 2.60. The van der Waals surface area contributed by atoms with Gasteiger partial charge in [0.15, 0.2) is 17.9 Å². The van der Waals surface area contributed by atoms with Crippen molar-refractivity contribution in [2.75, 3.05) is 19.8 Å². The van der Waals surface area contributed by atoms with Crippen molar-refractivity contribution < 1.29 is 33.2 Å². The molecule has 5 atom stereocenters. The van der Waals surface area contributed by atoms with Gasteiger partial charge in [0.1, 0.15) is 24.4 Å². The molecule has 0 bridgehead atoms. The lowest BCUT2D eigenvalue weighted by molar-refractivity contribution is -0.243. The van der Waals surface area contributed by atoms with Crippen LogP contribution in [0.5, 0.6) is 0 Å². The highest BCUT2D eigenvalue weighted by atomic mass is 35.5. The van der Waals surface area contributed by atoms with E-state index in [0.29, 0.717) is 36.8 Å². The monoisotopic (exact) mass is 455 g/mol. The van der Waals surface area contributed by atoms with Gasteiger partial charge in [-0.25, -0.2) is 0 Å². The summed E-state index contributed by atoms with van der Waals surface area (Å²) in [6.45, 7) is 8.72.